The van der Waals surface area contributed by atoms with E-state index in [9.17, 15) is 0 Å². The zero-order valence-electron chi connectivity index (χ0n) is 27.2. The number of nitrogens with two attached hydrogens (primary N) is 1. The summed E-state index contributed by atoms with van der Waals surface area (Å²) >= 11 is 0. The zero-order chi connectivity index (χ0) is 33.4. The molecule has 0 unspecified atom stereocenters. The van der Waals surface area contributed by atoms with Gasteiger partial charge in [-0.25, -0.2) is 4.99 Å². The van der Waals surface area contributed by atoms with Gasteiger partial charge in [-0.2, -0.15) is 0 Å². The van der Waals surface area contributed by atoms with Gasteiger partial charge in [0.05, 0.1) is 17.6 Å². The number of amidine groups is 2. The van der Waals surface area contributed by atoms with Crippen LogP contribution in [0.5, 0.6) is 0 Å². The van der Waals surface area contributed by atoms with Crippen LogP contribution < -0.4 is 5.73 Å². The van der Waals surface area contributed by atoms with Gasteiger partial charge in [-0.15, -0.1) is 0 Å². The molecule has 2 N–H and O–H groups in total. The fraction of sp³-hybridized carbons (Fsp3) is 0.0222. The lowest BCUT2D eigenvalue weighted by atomic mass is 10.0. The van der Waals surface area contributed by atoms with Gasteiger partial charge in [-0.05, 0) is 53.1 Å². The zero-order valence-corrected chi connectivity index (χ0v) is 27.2. The largest absolute Gasteiger partial charge is 0.454 e. The minimum absolute atomic E-state index is 0.418. The van der Waals surface area contributed by atoms with E-state index < -0.39 is 0 Å². The van der Waals surface area contributed by atoms with Gasteiger partial charge in [-0.1, -0.05) is 133 Å². The van der Waals surface area contributed by atoms with Crippen LogP contribution in [0.15, 0.2) is 184 Å². The minimum Gasteiger partial charge on any atom is -0.454 e. The first kappa shape index (κ1) is 29.4. The lowest BCUT2D eigenvalue weighted by molar-refractivity contribution is 0.671. The van der Waals surface area contributed by atoms with Crippen LogP contribution in [-0.4, -0.2) is 16.2 Å². The number of hydrogen-bond acceptors (Lipinski definition) is 2. The molecule has 0 saturated carbocycles. The highest BCUT2D eigenvalue weighted by atomic mass is 16.3. The van der Waals surface area contributed by atoms with Crippen LogP contribution in [-0.2, 0) is 6.54 Å². The van der Waals surface area contributed by atoms with Crippen LogP contribution in [0, 0.1) is 0 Å². The highest BCUT2D eigenvalue weighted by Gasteiger charge is 2.19. The molecule has 2 aromatic heterocycles. The molecular weight excluding hydrogens is 613 g/mol. The Balaban J connectivity index is 1.17. The average Bonchev–Trinajstić information content (AvgIpc) is 3.73. The van der Waals surface area contributed by atoms with Crippen molar-refractivity contribution >= 4 is 55.4 Å². The van der Waals surface area contributed by atoms with Crippen molar-refractivity contribution in [2.75, 3.05) is 0 Å². The predicted octanol–water partition coefficient (Wildman–Crippen LogP) is 10.7. The van der Waals surface area contributed by atoms with E-state index in [0.29, 0.717) is 18.2 Å². The van der Waals surface area contributed by atoms with Crippen molar-refractivity contribution < 1.29 is 4.42 Å². The molecule has 0 bridgehead atoms. The van der Waals surface area contributed by atoms with E-state index in [1.165, 1.54) is 5.39 Å². The first-order valence-electron chi connectivity index (χ1n) is 16.7. The normalized spacial score (nSPS) is 12.4. The first-order valence-corrected chi connectivity index (χ1v) is 16.7. The van der Waals surface area contributed by atoms with Crippen molar-refractivity contribution in [3.05, 3.63) is 187 Å². The molecule has 9 aromatic rings. The maximum Gasteiger partial charge on any atom is 0.160 e. The maximum atomic E-state index is 6.58. The third kappa shape index (κ3) is 5.22. The third-order valence-corrected chi connectivity index (χ3v) is 9.28. The molecule has 0 saturated heterocycles. The van der Waals surface area contributed by atoms with Gasteiger partial charge in [0, 0.05) is 38.4 Å². The van der Waals surface area contributed by atoms with Gasteiger partial charge in [0.1, 0.15) is 11.4 Å². The Morgan fingerprint density at radius 2 is 1.24 bits per heavy atom. The molecule has 0 amide bonds. The number of para-hydroxylation sites is 2. The van der Waals surface area contributed by atoms with Crippen LogP contribution in [0.2, 0.25) is 0 Å². The maximum absolute atomic E-state index is 6.58. The average molecular weight is 645 g/mol. The number of fused-ring (bicyclic) bond motifs is 7. The minimum atomic E-state index is 0.418. The Kier molecular flexibility index (Phi) is 7.29. The highest BCUT2D eigenvalue weighted by molar-refractivity contribution is 6.21. The molecule has 9 rings (SSSR count). The summed E-state index contributed by atoms with van der Waals surface area (Å²) in [6, 6.07) is 58.2. The standard InChI is InChI=1S/C45H32N4O/c46-44(32-16-5-2-6-17-32)48-45(34-19-12-18-33(28-34)31-14-3-1-4-15-31)47-29-30-13-11-20-35(27-30)49-40-23-9-7-21-36(40)38-25-26-39-37-22-8-10-24-41(37)50-43(39)42(38)49/h1-28H,29H2,(H2,46,47,48). The lowest BCUT2D eigenvalue weighted by Gasteiger charge is -2.11. The van der Waals surface area contributed by atoms with Gasteiger partial charge in [0.2, 0.25) is 0 Å². The van der Waals surface area contributed by atoms with Crippen LogP contribution >= 0.6 is 0 Å². The van der Waals surface area contributed by atoms with E-state index in [-0.39, 0.29) is 0 Å². The van der Waals surface area contributed by atoms with Gasteiger partial charge < -0.3 is 14.7 Å². The van der Waals surface area contributed by atoms with Gasteiger partial charge >= 0.3 is 0 Å². The molecular formula is C45H32N4O. The van der Waals surface area contributed by atoms with Crippen LogP contribution in [0.3, 0.4) is 0 Å². The number of furan rings is 1. The van der Waals surface area contributed by atoms with Crippen LogP contribution in [0.25, 0.3) is 60.6 Å². The molecule has 238 valence electrons. The fourth-order valence-corrected chi connectivity index (χ4v) is 6.91. The van der Waals surface area contributed by atoms with E-state index in [1.54, 1.807) is 0 Å². The van der Waals surface area contributed by atoms with Crippen molar-refractivity contribution in [1.82, 2.24) is 4.57 Å². The topological polar surface area (TPSA) is 68.8 Å². The van der Waals surface area contributed by atoms with Crippen LogP contribution in [0.4, 0.5) is 0 Å². The third-order valence-electron chi connectivity index (χ3n) is 9.28. The molecule has 7 aromatic carbocycles. The quantitative estimate of drug-likeness (QED) is 0.145. The van der Waals surface area contributed by atoms with E-state index >= 15 is 0 Å². The summed E-state index contributed by atoms with van der Waals surface area (Å²) < 4.78 is 8.88. The highest BCUT2D eigenvalue weighted by Crippen LogP contribution is 2.40. The SMILES string of the molecule is N/C(=N\C(=N/Cc1cccc(-n2c3ccccc3c3ccc4c5ccccc5oc4c32)c1)c1cccc(-c2ccccc2)c1)c1ccccc1. The van der Waals surface area contributed by atoms with E-state index in [2.05, 4.69) is 102 Å². The lowest BCUT2D eigenvalue weighted by Crippen LogP contribution is -2.16. The summed E-state index contributed by atoms with van der Waals surface area (Å²) in [7, 11) is 0. The van der Waals surface area contributed by atoms with Gasteiger partial charge in [0.15, 0.2) is 11.4 Å². The second-order valence-electron chi connectivity index (χ2n) is 12.4. The molecule has 5 heteroatoms. The van der Waals surface area contributed by atoms with Gasteiger partial charge in [-0.3, -0.25) is 4.99 Å². The number of benzene rings is 7. The van der Waals surface area contributed by atoms with Crippen molar-refractivity contribution in [2.45, 2.75) is 6.54 Å². The van der Waals surface area contributed by atoms with Crippen molar-refractivity contribution in [3.63, 3.8) is 0 Å². The Hall–Kier alpha value is -6.72. The molecule has 0 aliphatic carbocycles. The van der Waals surface area contributed by atoms with Crippen molar-refractivity contribution in [3.8, 4) is 16.8 Å². The summed E-state index contributed by atoms with van der Waals surface area (Å²) in [5.41, 5.74) is 16.6. The molecule has 0 fully saturated rings. The van der Waals surface area contributed by atoms with Gasteiger partial charge in [0.25, 0.3) is 0 Å². The monoisotopic (exact) mass is 644 g/mol. The number of nitrogens with zero attached hydrogens (tertiary/aromatic N) is 3. The van der Waals surface area contributed by atoms with Crippen molar-refractivity contribution in [1.29, 1.82) is 0 Å². The molecule has 0 aliphatic heterocycles. The summed E-state index contributed by atoms with van der Waals surface area (Å²) in [4.78, 5) is 10.0. The second kappa shape index (κ2) is 12.4. The summed E-state index contributed by atoms with van der Waals surface area (Å²) in [6.07, 6.45) is 0. The molecule has 0 aliphatic rings. The Morgan fingerprint density at radius 3 is 2.10 bits per heavy atom. The number of hydrogen-bond donors (Lipinski definition) is 1. The number of aliphatic imine (C=N–C) groups is 2. The summed E-state index contributed by atoms with van der Waals surface area (Å²) in [5.74, 6) is 0.999. The summed E-state index contributed by atoms with van der Waals surface area (Å²) in [6.45, 7) is 0.418. The second-order valence-corrected chi connectivity index (χ2v) is 12.4. The number of aromatic nitrogens is 1. The van der Waals surface area contributed by atoms with Crippen molar-refractivity contribution in [2.24, 2.45) is 15.7 Å². The first-order chi connectivity index (χ1) is 24.7. The Labute approximate surface area is 289 Å². The van der Waals surface area contributed by atoms with E-state index in [4.69, 9.17) is 20.1 Å². The van der Waals surface area contributed by atoms with E-state index in [0.717, 1.165) is 71.9 Å². The van der Waals surface area contributed by atoms with Crippen LogP contribution in [0.1, 0.15) is 16.7 Å². The fourth-order valence-electron chi connectivity index (χ4n) is 6.91. The molecule has 0 atom stereocenters. The molecule has 0 radical (unpaired) electrons. The predicted molar refractivity (Wildman–Crippen MR) is 207 cm³/mol. The smallest absolute Gasteiger partial charge is 0.160 e. The Morgan fingerprint density at radius 1 is 0.560 bits per heavy atom. The molecule has 5 nitrogen and oxygen atoms in total. The molecule has 0 spiro atoms. The summed E-state index contributed by atoms with van der Waals surface area (Å²) in [5, 5.41) is 4.55. The number of rotatable bonds is 6. The van der Waals surface area contributed by atoms with E-state index in [1.807, 2.05) is 72.8 Å². The Bertz CT molecular complexity index is 2740. The molecule has 2 heterocycles. The molecule has 50 heavy (non-hydrogen) atoms.